The molecule has 1 aromatic carbocycles. The first-order valence-electron chi connectivity index (χ1n) is 7.88. The van der Waals surface area contributed by atoms with Crippen LogP contribution in [-0.2, 0) is 9.53 Å². The first kappa shape index (κ1) is 16.7. The summed E-state index contributed by atoms with van der Waals surface area (Å²) in [4.78, 5) is 11.9. The van der Waals surface area contributed by atoms with Crippen LogP contribution in [0.1, 0.15) is 71.0 Å². The quantitative estimate of drug-likeness (QED) is 0.452. The third-order valence-electron chi connectivity index (χ3n) is 3.41. The van der Waals surface area contributed by atoms with Crippen LogP contribution in [0.15, 0.2) is 30.3 Å². The minimum atomic E-state index is -0.0844. The van der Waals surface area contributed by atoms with Gasteiger partial charge in [0.2, 0.25) is 0 Å². The largest absolute Gasteiger partial charge is 0.457 e. The third-order valence-corrected chi connectivity index (χ3v) is 3.41. The monoisotopic (exact) mass is 276 g/mol. The highest BCUT2D eigenvalue weighted by molar-refractivity contribution is 5.69. The SMILES string of the molecule is CCCC(OC(=O)CCCCC(C)C)c1ccccc1. The van der Waals surface area contributed by atoms with Crippen molar-refractivity contribution in [1.82, 2.24) is 0 Å². The van der Waals surface area contributed by atoms with E-state index in [0.29, 0.717) is 12.3 Å². The van der Waals surface area contributed by atoms with Crippen molar-refractivity contribution in [2.75, 3.05) is 0 Å². The zero-order valence-electron chi connectivity index (χ0n) is 13.1. The van der Waals surface area contributed by atoms with E-state index in [4.69, 9.17) is 4.74 Å². The Morgan fingerprint density at radius 3 is 2.40 bits per heavy atom. The molecule has 1 atom stereocenters. The molecular weight excluding hydrogens is 248 g/mol. The van der Waals surface area contributed by atoms with Crippen LogP contribution >= 0.6 is 0 Å². The summed E-state index contributed by atoms with van der Waals surface area (Å²) in [5.74, 6) is 0.652. The Hall–Kier alpha value is -1.31. The van der Waals surface area contributed by atoms with Gasteiger partial charge in [-0.3, -0.25) is 4.79 Å². The van der Waals surface area contributed by atoms with Gasteiger partial charge in [0.05, 0.1) is 0 Å². The van der Waals surface area contributed by atoms with Crippen LogP contribution in [0.2, 0.25) is 0 Å². The molecule has 0 aliphatic rings. The molecule has 0 saturated carbocycles. The summed E-state index contributed by atoms with van der Waals surface area (Å²) in [6, 6.07) is 10.0. The molecule has 2 nitrogen and oxygen atoms in total. The van der Waals surface area contributed by atoms with Gasteiger partial charge in [-0.05, 0) is 24.3 Å². The third kappa shape index (κ3) is 6.74. The van der Waals surface area contributed by atoms with Gasteiger partial charge < -0.3 is 4.74 Å². The molecular formula is C18H28O2. The molecule has 0 heterocycles. The smallest absolute Gasteiger partial charge is 0.306 e. The molecule has 0 amide bonds. The van der Waals surface area contributed by atoms with E-state index in [1.807, 2.05) is 30.3 Å². The zero-order chi connectivity index (χ0) is 14.8. The summed E-state index contributed by atoms with van der Waals surface area (Å²) in [7, 11) is 0. The second-order valence-corrected chi connectivity index (χ2v) is 5.82. The molecule has 1 rings (SSSR count). The number of esters is 1. The fourth-order valence-corrected chi connectivity index (χ4v) is 2.26. The first-order chi connectivity index (χ1) is 9.63. The van der Waals surface area contributed by atoms with Crippen LogP contribution in [0.25, 0.3) is 0 Å². The van der Waals surface area contributed by atoms with E-state index in [2.05, 4.69) is 20.8 Å². The van der Waals surface area contributed by atoms with Gasteiger partial charge in [-0.15, -0.1) is 0 Å². The predicted octanol–water partition coefficient (Wildman–Crippen LogP) is 5.29. The minimum absolute atomic E-state index is 0.0592. The Bertz CT molecular complexity index is 370. The number of carbonyl (C=O) groups excluding carboxylic acids is 1. The number of hydrogen-bond acceptors (Lipinski definition) is 2. The van der Waals surface area contributed by atoms with Crippen molar-refractivity contribution in [1.29, 1.82) is 0 Å². The van der Waals surface area contributed by atoms with Crippen LogP contribution in [-0.4, -0.2) is 5.97 Å². The Kier molecular flexibility index (Phi) is 8.01. The average molecular weight is 276 g/mol. The fraction of sp³-hybridized carbons (Fsp3) is 0.611. The van der Waals surface area contributed by atoms with Crippen molar-refractivity contribution in [2.45, 2.75) is 65.4 Å². The number of carbonyl (C=O) groups is 1. The molecule has 0 fully saturated rings. The van der Waals surface area contributed by atoms with Gasteiger partial charge in [0.1, 0.15) is 6.10 Å². The molecule has 0 N–H and O–H groups in total. The molecule has 0 radical (unpaired) electrons. The highest BCUT2D eigenvalue weighted by atomic mass is 16.5. The number of ether oxygens (including phenoxy) is 1. The lowest BCUT2D eigenvalue weighted by molar-refractivity contribution is -0.150. The van der Waals surface area contributed by atoms with Crippen molar-refractivity contribution in [3.05, 3.63) is 35.9 Å². The summed E-state index contributed by atoms with van der Waals surface area (Å²) in [6.45, 7) is 6.54. The molecule has 1 aromatic rings. The van der Waals surface area contributed by atoms with Gasteiger partial charge in [-0.25, -0.2) is 0 Å². The summed E-state index contributed by atoms with van der Waals surface area (Å²) in [6.07, 6.45) is 5.59. The van der Waals surface area contributed by atoms with Crippen LogP contribution in [0.5, 0.6) is 0 Å². The molecule has 112 valence electrons. The summed E-state index contributed by atoms with van der Waals surface area (Å²) < 4.78 is 5.65. The predicted molar refractivity (Wildman–Crippen MR) is 83.5 cm³/mol. The molecule has 20 heavy (non-hydrogen) atoms. The molecule has 0 aliphatic heterocycles. The standard InChI is InChI=1S/C18H28O2/c1-4-10-17(16-12-6-5-7-13-16)20-18(19)14-9-8-11-15(2)3/h5-7,12-13,15,17H,4,8-11,14H2,1-3H3. The lowest BCUT2D eigenvalue weighted by Crippen LogP contribution is -2.11. The normalized spacial score (nSPS) is 12.4. The summed E-state index contributed by atoms with van der Waals surface area (Å²) in [5.41, 5.74) is 1.10. The van der Waals surface area contributed by atoms with Gasteiger partial charge in [-0.2, -0.15) is 0 Å². The highest BCUT2D eigenvalue weighted by Crippen LogP contribution is 2.23. The van der Waals surface area contributed by atoms with E-state index in [1.54, 1.807) is 0 Å². The van der Waals surface area contributed by atoms with E-state index in [9.17, 15) is 4.79 Å². The van der Waals surface area contributed by atoms with Crippen molar-refractivity contribution < 1.29 is 9.53 Å². The molecule has 2 heteroatoms. The van der Waals surface area contributed by atoms with E-state index in [-0.39, 0.29) is 12.1 Å². The van der Waals surface area contributed by atoms with Crippen LogP contribution < -0.4 is 0 Å². The number of benzene rings is 1. The average Bonchev–Trinajstić information content (AvgIpc) is 2.44. The minimum Gasteiger partial charge on any atom is -0.457 e. The maximum absolute atomic E-state index is 11.9. The Balaban J connectivity index is 2.40. The fourth-order valence-electron chi connectivity index (χ4n) is 2.26. The topological polar surface area (TPSA) is 26.3 Å². The summed E-state index contributed by atoms with van der Waals surface area (Å²) >= 11 is 0. The van der Waals surface area contributed by atoms with Crippen LogP contribution in [0.3, 0.4) is 0 Å². The molecule has 1 unspecified atom stereocenters. The molecule has 0 aromatic heterocycles. The number of rotatable bonds is 9. The molecule has 0 spiro atoms. The zero-order valence-corrected chi connectivity index (χ0v) is 13.1. The van der Waals surface area contributed by atoms with E-state index >= 15 is 0 Å². The number of hydrogen-bond donors (Lipinski definition) is 0. The Morgan fingerprint density at radius 1 is 1.10 bits per heavy atom. The van der Waals surface area contributed by atoms with Crippen molar-refractivity contribution in [2.24, 2.45) is 5.92 Å². The van der Waals surface area contributed by atoms with Gasteiger partial charge in [-0.1, -0.05) is 70.4 Å². The van der Waals surface area contributed by atoms with E-state index < -0.39 is 0 Å². The maximum Gasteiger partial charge on any atom is 0.306 e. The van der Waals surface area contributed by atoms with Crippen molar-refractivity contribution in [3.8, 4) is 0 Å². The summed E-state index contributed by atoms with van der Waals surface area (Å²) in [5, 5.41) is 0. The first-order valence-corrected chi connectivity index (χ1v) is 7.88. The second-order valence-electron chi connectivity index (χ2n) is 5.82. The maximum atomic E-state index is 11.9. The molecule has 0 aliphatic carbocycles. The lowest BCUT2D eigenvalue weighted by atomic mass is 10.0. The highest BCUT2D eigenvalue weighted by Gasteiger charge is 2.15. The van der Waals surface area contributed by atoms with Gasteiger partial charge in [0.15, 0.2) is 0 Å². The molecule has 0 saturated heterocycles. The lowest BCUT2D eigenvalue weighted by Gasteiger charge is -2.17. The second kappa shape index (κ2) is 9.57. The molecule has 0 bridgehead atoms. The Labute approximate surface area is 123 Å². The van der Waals surface area contributed by atoms with Crippen LogP contribution in [0.4, 0.5) is 0 Å². The number of unbranched alkanes of at least 4 members (excludes halogenated alkanes) is 1. The van der Waals surface area contributed by atoms with E-state index in [1.165, 1.54) is 6.42 Å². The Morgan fingerprint density at radius 2 is 1.80 bits per heavy atom. The van der Waals surface area contributed by atoms with Crippen molar-refractivity contribution >= 4 is 5.97 Å². The van der Waals surface area contributed by atoms with E-state index in [0.717, 1.165) is 31.2 Å². The van der Waals surface area contributed by atoms with Crippen LogP contribution in [0, 0.1) is 5.92 Å². The van der Waals surface area contributed by atoms with Crippen molar-refractivity contribution in [3.63, 3.8) is 0 Å². The van der Waals surface area contributed by atoms with Gasteiger partial charge in [0.25, 0.3) is 0 Å². The van der Waals surface area contributed by atoms with Gasteiger partial charge in [0, 0.05) is 6.42 Å². The van der Waals surface area contributed by atoms with Gasteiger partial charge >= 0.3 is 5.97 Å².